The van der Waals surface area contributed by atoms with Gasteiger partial charge in [0.05, 0.1) is 12.2 Å². The second kappa shape index (κ2) is 8.46. The lowest BCUT2D eigenvalue weighted by Crippen LogP contribution is -2.63. The molecule has 37 heavy (non-hydrogen) atoms. The van der Waals surface area contributed by atoms with E-state index in [2.05, 4.69) is 6.92 Å². The standard InChI is InChI=1S/C30H35NO6/c1-28-11-10-20(33)13-18(28)7-8-21-22-14-25-30(24(35)16-32,29(22,2)15-23(34)27(21)28)37-26(36-25)9-6-17-4-3-5-19(31)12-17/h3-6,9-13,21-23,25-27,32,34H,7-8,14-16,31H2,1-2H3/b9-6+/t21-,22-,23-,25+,26+,27+,28-,29-,30+/m0/s1. The van der Waals surface area contributed by atoms with Crippen LogP contribution >= 0.6 is 0 Å². The topological polar surface area (TPSA) is 119 Å². The lowest BCUT2D eigenvalue weighted by molar-refractivity contribution is -0.193. The van der Waals surface area contributed by atoms with Crippen molar-refractivity contribution in [3.8, 4) is 0 Å². The number of carbonyl (C=O) groups is 2. The summed E-state index contributed by atoms with van der Waals surface area (Å²) in [5.74, 6) is -0.239. The summed E-state index contributed by atoms with van der Waals surface area (Å²) in [6.07, 6.45) is 9.61. The zero-order valence-electron chi connectivity index (χ0n) is 21.3. The Morgan fingerprint density at radius 1 is 1.30 bits per heavy atom. The van der Waals surface area contributed by atoms with Gasteiger partial charge in [-0.25, -0.2) is 0 Å². The van der Waals surface area contributed by atoms with Gasteiger partial charge in [0.15, 0.2) is 23.5 Å². The Balaban J connectivity index is 1.34. The number of hydrogen-bond donors (Lipinski definition) is 3. The number of aliphatic hydroxyl groups excluding tert-OH is 2. The van der Waals surface area contributed by atoms with Gasteiger partial charge in [-0.2, -0.15) is 0 Å². The average Bonchev–Trinajstić information content (AvgIpc) is 3.35. The number of ketones is 2. The summed E-state index contributed by atoms with van der Waals surface area (Å²) in [5.41, 5.74) is 6.09. The predicted octanol–water partition coefficient (Wildman–Crippen LogP) is 3.21. The number of fused-ring (bicyclic) bond motifs is 7. The van der Waals surface area contributed by atoms with Crippen molar-refractivity contribution in [3.63, 3.8) is 0 Å². The number of allylic oxidation sites excluding steroid dienone is 4. The second-order valence-electron chi connectivity index (χ2n) is 11.9. The van der Waals surface area contributed by atoms with Crippen LogP contribution in [0.3, 0.4) is 0 Å². The number of Topliss-reactive ketones (excluding diaryl/α,β-unsaturated/α-hetero) is 1. The van der Waals surface area contributed by atoms with E-state index in [9.17, 15) is 19.8 Å². The van der Waals surface area contributed by atoms with Crippen LogP contribution in [-0.4, -0.2) is 52.5 Å². The molecule has 9 atom stereocenters. The van der Waals surface area contributed by atoms with Crippen LogP contribution in [0.15, 0.2) is 54.1 Å². The number of benzene rings is 1. The molecule has 4 aliphatic carbocycles. The lowest BCUT2D eigenvalue weighted by Gasteiger charge is -2.59. The lowest BCUT2D eigenvalue weighted by atomic mass is 9.46. The van der Waals surface area contributed by atoms with Crippen molar-refractivity contribution in [2.75, 3.05) is 12.3 Å². The van der Waals surface area contributed by atoms with Crippen LogP contribution in [0.4, 0.5) is 5.69 Å². The van der Waals surface area contributed by atoms with Crippen LogP contribution in [0.2, 0.25) is 0 Å². The van der Waals surface area contributed by atoms with E-state index in [-0.39, 0.29) is 23.5 Å². The van der Waals surface area contributed by atoms with Crippen LogP contribution in [0.1, 0.15) is 45.1 Å². The molecule has 1 aromatic rings. The number of anilines is 1. The Hall–Kier alpha value is -2.58. The van der Waals surface area contributed by atoms with Gasteiger partial charge >= 0.3 is 0 Å². The van der Waals surface area contributed by atoms with Crippen LogP contribution < -0.4 is 5.73 Å². The van der Waals surface area contributed by atoms with E-state index >= 15 is 0 Å². The molecule has 1 aliphatic heterocycles. The van der Waals surface area contributed by atoms with Crippen LogP contribution in [-0.2, 0) is 19.1 Å². The molecule has 1 heterocycles. The fourth-order valence-corrected chi connectivity index (χ4v) is 8.65. The van der Waals surface area contributed by atoms with Gasteiger partial charge in [-0.05, 0) is 73.4 Å². The molecule has 196 valence electrons. The molecule has 0 bridgehead atoms. The summed E-state index contributed by atoms with van der Waals surface area (Å²) in [6, 6.07) is 7.44. The summed E-state index contributed by atoms with van der Waals surface area (Å²) >= 11 is 0. The van der Waals surface area contributed by atoms with Gasteiger partial charge in [0, 0.05) is 22.4 Å². The van der Waals surface area contributed by atoms with Crippen molar-refractivity contribution in [2.45, 2.75) is 63.6 Å². The summed E-state index contributed by atoms with van der Waals surface area (Å²) in [5, 5.41) is 21.7. The van der Waals surface area contributed by atoms with E-state index in [4.69, 9.17) is 15.2 Å². The summed E-state index contributed by atoms with van der Waals surface area (Å²) in [4.78, 5) is 25.6. The highest BCUT2D eigenvalue weighted by molar-refractivity contribution is 6.01. The first-order valence-electron chi connectivity index (χ1n) is 13.3. The molecular weight excluding hydrogens is 470 g/mol. The first-order valence-corrected chi connectivity index (χ1v) is 13.3. The van der Waals surface area contributed by atoms with Crippen LogP contribution in [0, 0.1) is 28.6 Å². The molecule has 0 radical (unpaired) electrons. The van der Waals surface area contributed by atoms with Gasteiger partial charge in [-0.1, -0.05) is 43.7 Å². The summed E-state index contributed by atoms with van der Waals surface area (Å²) < 4.78 is 12.9. The molecule has 7 nitrogen and oxygen atoms in total. The number of nitrogen functional groups attached to an aromatic ring is 1. The van der Waals surface area contributed by atoms with Gasteiger partial charge in [-0.3, -0.25) is 9.59 Å². The van der Waals surface area contributed by atoms with E-state index in [0.717, 1.165) is 24.0 Å². The SMILES string of the molecule is C[C@]12C=CC(=O)C=C1CC[C@@H]1[C@@H]2[C@@H](O)C[C@@]2(C)[C@H]1C[C@H]1O[C@@H](/C=C/c3cccc(N)c3)O[C@]12C(=O)CO. The van der Waals surface area contributed by atoms with Crippen LogP contribution in [0.5, 0.6) is 0 Å². The monoisotopic (exact) mass is 505 g/mol. The fourth-order valence-electron chi connectivity index (χ4n) is 8.65. The van der Waals surface area contributed by atoms with Gasteiger partial charge in [0.2, 0.25) is 0 Å². The molecule has 3 saturated carbocycles. The quantitative estimate of drug-likeness (QED) is 0.538. The van der Waals surface area contributed by atoms with Crippen molar-refractivity contribution < 1.29 is 29.3 Å². The minimum Gasteiger partial charge on any atom is -0.399 e. The van der Waals surface area contributed by atoms with Crippen LogP contribution in [0.25, 0.3) is 6.08 Å². The number of nitrogens with two attached hydrogens (primary N) is 1. The van der Waals surface area contributed by atoms with Gasteiger partial charge in [0.1, 0.15) is 6.61 Å². The maximum absolute atomic E-state index is 13.5. The van der Waals surface area contributed by atoms with E-state index in [1.165, 1.54) is 0 Å². The molecule has 0 unspecified atom stereocenters. The maximum atomic E-state index is 13.5. The van der Waals surface area contributed by atoms with E-state index in [0.29, 0.717) is 18.5 Å². The van der Waals surface area contributed by atoms with Gasteiger partial charge in [0.25, 0.3) is 0 Å². The highest BCUT2D eigenvalue weighted by Gasteiger charge is 2.75. The molecular formula is C30H35NO6. The molecule has 1 aromatic carbocycles. The molecule has 5 aliphatic rings. The number of hydrogen-bond acceptors (Lipinski definition) is 7. The predicted molar refractivity (Wildman–Crippen MR) is 138 cm³/mol. The number of aliphatic hydroxyl groups is 2. The largest absolute Gasteiger partial charge is 0.399 e. The third kappa shape index (κ3) is 3.41. The van der Waals surface area contributed by atoms with Crippen molar-refractivity contribution >= 4 is 23.3 Å². The Bertz CT molecular complexity index is 1240. The number of ether oxygens (including phenoxy) is 2. The van der Waals surface area contributed by atoms with E-state index in [1.807, 2.05) is 43.3 Å². The maximum Gasteiger partial charge on any atom is 0.193 e. The Morgan fingerprint density at radius 3 is 2.86 bits per heavy atom. The normalized spacial score (nSPS) is 44.2. The molecule has 7 heteroatoms. The molecule has 0 aromatic heterocycles. The Labute approximate surface area is 217 Å². The first-order chi connectivity index (χ1) is 17.6. The van der Waals surface area contributed by atoms with Crippen molar-refractivity contribution in [1.82, 2.24) is 0 Å². The molecule has 4 fully saturated rings. The first kappa shape index (κ1) is 24.7. The smallest absolute Gasteiger partial charge is 0.193 e. The molecule has 0 spiro atoms. The molecule has 6 rings (SSSR count). The number of rotatable bonds is 4. The third-order valence-corrected chi connectivity index (χ3v) is 10.2. The highest BCUT2D eigenvalue weighted by Crippen LogP contribution is 2.69. The zero-order chi connectivity index (χ0) is 26.2. The zero-order valence-corrected chi connectivity index (χ0v) is 21.3. The number of carbonyl (C=O) groups excluding carboxylic acids is 2. The Kier molecular flexibility index (Phi) is 5.66. The van der Waals surface area contributed by atoms with E-state index < -0.39 is 47.3 Å². The molecule has 1 saturated heterocycles. The van der Waals surface area contributed by atoms with Gasteiger partial charge < -0.3 is 25.4 Å². The van der Waals surface area contributed by atoms with E-state index in [1.54, 1.807) is 18.2 Å². The minimum absolute atomic E-state index is 0.00282. The summed E-state index contributed by atoms with van der Waals surface area (Å²) in [6.45, 7) is 3.51. The highest BCUT2D eigenvalue weighted by atomic mass is 16.7. The molecule has 4 N–H and O–H groups in total. The van der Waals surface area contributed by atoms with Gasteiger partial charge in [-0.15, -0.1) is 0 Å². The fraction of sp³-hybridized carbons (Fsp3) is 0.533. The van der Waals surface area contributed by atoms with Crippen molar-refractivity contribution in [2.24, 2.45) is 28.6 Å². The molecule has 0 amide bonds. The minimum atomic E-state index is -1.33. The third-order valence-electron chi connectivity index (χ3n) is 10.2. The van der Waals surface area contributed by atoms with Crippen molar-refractivity contribution in [1.29, 1.82) is 0 Å². The summed E-state index contributed by atoms with van der Waals surface area (Å²) in [7, 11) is 0. The Morgan fingerprint density at radius 2 is 2.11 bits per heavy atom. The van der Waals surface area contributed by atoms with Crippen molar-refractivity contribution in [3.05, 3.63) is 59.7 Å². The average molecular weight is 506 g/mol. The second-order valence-corrected chi connectivity index (χ2v) is 11.9.